The SMILES string of the molecule is CC(CN)S(=O)(=O)Cc1c(Cl)cccc1Cl. The van der Waals surface area contributed by atoms with Gasteiger partial charge in [0.1, 0.15) is 0 Å². The zero-order valence-electron chi connectivity index (χ0n) is 8.78. The van der Waals surface area contributed by atoms with E-state index in [-0.39, 0.29) is 12.3 Å². The van der Waals surface area contributed by atoms with Gasteiger partial charge in [-0.1, -0.05) is 29.3 Å². The molecular weight excluding hydrogens is 269 g/mol. The molecule has 0 aliphatic rings. The molecule has 0 heterocycles. The Morgan fingerprint density at radius 1 is 1.31 bits per heavy atom. The predicted molar refractivity (Wildman–Crippen MR) is 67.6 cm³/mol. The molecule has 1 aromatic rings. The van der Waals surface area contributed by atoms with Crippen molar-refractivity contribution in [2.24, 2.45) is 5.73 Å². The number of halogens is 2. The molecule has 0 aliphatic carbocycles. The van der Waals surface area contributed by atoms with Crippen molar-refractivity contribution in [1.82, 2.24) is 0 Å². The summed E-state index contributed by atoms with van der Waals surface area (Å²) in [5, 5.41) is 0.125. The van der Waals surface area contributed by atoms with Gasteiger partial charge in [0.15, 0.2) is 9.84 Å². The van der Waals surface area contributed by atoms with Gasteiger partial charge >= 0.3 is 0 Å². The van der Waals surface area contributed by atoms with Crippen LogP contribution in [0, 0.1) is 0 Å². The monoisotopic (exact) mass is 281 g/mol. The van der Waals surface area contributed by atoms with Crippen molar-refractivity contribution in [1.29, 1.82) is 0 Å². The van der Waals surface area contributed by atoms with Gasteiger partial charge in [-0.3, -0.25) is 0 Å². The van der Waals surface area contributed by atoms with E-state index >= 15 is 0 Å². The van der Waals surface area contributed by atoms with Crippen LogP contribution < -0.4 is 5.73 Å². The molecule has 2 N–H and O–H groups in total. The van der Waals surface area contributed by atoms with Crippen LogP contribution in [0.3, 0.4) is 0 Å². The summed E-state index contributed by atoms with van der Waals surface area (Å²) < 4.78 is 23.7. The lowest BCUT2D eigenvalue weighted by Crippen LogP contribution is -2.27. The first-order valence-corrected chi connectivity index (χ1v) is 7.20. The first kappa shape index (κ1) is 13.8. The maximum Gasteiger partial charge on any atom is 0.158 e. The second-order valence-electron chi connectivity index (χ2n) is 3.55. The van der Waals surface area contributed by atoms with Gasteiger partial charge in [0.05, 0.1) is 11.0 Å². The van der Waals surface area contributed by atoms with Crippen LogP contribution in [0.1, 0.15) is 12.5 Å². The normalized spacial score (nSPS) is 13.8. The first-order valence-electron chi connectivity index (χ1n) is 4.73. The largest absolute Gasteiger partial charge is 0.329 e. The molecule has 0 bridgehead atoms. The molecule has 1 rings (SSSR count). The molecule has 3 nitrogen and oxygen atoms in total. The van der Waals surface area contributed by atoms with E-state index in [4.69, 9.17) is 28.9 Å². The van der Waals surface area contributed by atoms with Crippen LogP contribution in [-0.2, 0) is 15.6 Å². The lowest BCUT2D eigenvalue weighted by Gasteiger charge is -2.12. The number of benzene rings is 1. The Labute approximate surface area is 105 Å². The third-order valence-corrected chi connectivity index (χ3v) is 5.17. The van der Waals surface area contributed by atoms with Crippen LogP contribution in [0.25, 0.3) is 0 Å². The van der Waals surface area contributed by atoms with Crippen LogP contribution in [-0.4, -0.2) is 20.2 Å². The lowest BCUT2D eigenvalue weighted by atomic mass is 10.2. The van der Waals surface area contributed by atoms with Crippen molar-refractivity contribution in [2.45, 2.75) is 17.9 Å². The van der Waals surface area contributed by atoms with Gasteiger partial charge in [-0.2, -0.15) is 0 Å². The van der Waals surface area contributed by atoms with Crippen molar-refractivity contribution in [3.05, 3.63) is 33.8 Å². The van der Waals surface area contributed by atoms with Gasteiger partial charge in [-0.15, -0.1) is 0 Å². The van der Waals surface area contributed by atoms with Gasteiger partial charge in [0.25, 0.3) is 0 Å². The van der Waals surface area contributed by atoms with Crippen LogP contribution in [0.5, 0.6) is 0 Å². The number of hydrogen-bond donors (Lipinski definition) is 1. The Hall–Kier alpha value is -0.290. The number of sulfone groups is 1. The maximum absolute atomic E-state index is 11.8. The van der Waals surface area contributed by atoms with E-state index in [1.165, 1.54) is 0 Å². The molecular formula is C10H13Cl2NO2S. The fourth-order valence-corrected chi connectivity index (χ4v) is 3.14. The van der Waals surface area contributed by atoms with Gasteiger partial charge in [-0.05, 0) is 19.1 Å². The van der Waals surface area contributed by atoms with Crippen LogP contribution in [0.4, 0.5) is 0 Å². The minimum absolute atomic E-state index is 0.0877. The molecule has 90 valence electrons. The topological polar surface area (TPSA) is 60.2 Å². The predicted octanol–water partition coefficient (Wildman–Crippen LogP) is 2.26. The summed E-state index contributed by atoms with van der Waals surface area (Å²) in [4.78, 5) is 0. The molecule has 6 heteroatoms. The summed E-state index contributed by atoms with van der Waals surface area (Å²) >= 11 is 11.8. The fourth-order valence-electron chi connectivity index (χ4n) is 1.16. The smallest absolute Gasteiger partial charge is 0.158 e. The average molecular weight is 282 g/mol. The van der Waals surface area contributed by atoms with Crippen molar-refractivity contribution in [3.63, 3.8) is 0 Å². The van der Waals surface area contributed by atoms with Gasteiger partial charge in [0.2, 0.25) is 0 Å². The molecule has 0 radical (unpaired) electrons. The molecule has 1 aromatic carbocycles. The molecule has 0 amide bonds. The Kier molecular flexibility index (Phi) is 4.62. The summed E-state index contributed by atoms with van der Waals surface area (Å²) in [7, 11) is -3.30. The van der Waals surface area contributed by atoms with Crippen molar-refractivity contribution in [3.8, 4) is 0 Å². The second kappa shape index (κ2) is 5.36. The maximum atomic E-state index is 11.8. The van der Waals surface area contributed by atoms with Crippen molar-refractivity contribution in [2.75, 3.05) is 6.54 Å². The van der Waals surface area contributed by atoms with Crippen molar-refractivity contribution < 1.29 is 8.42 Å². The number of hydrogen-bond acceptors (Lipinski definition) is 3. The van der Waals surface area contributed by atoms with Crippen molar-refractivity contribution >= 4 is 33.0 Å². The summed E-state index contributed by atoms with van der Waals surface area (Å²) in [6, 6.07) is 4.91. The Morgan fingerprint density at radius 2 is 1.81 bits per heavy atom. The minimum atomic E-state index is -3.30. The molecule has 16 heavy (non-hydrogen) atoms. The highest BCUT2D eigenvalue weighted by atomic mass is 35.5. The Morgan fingerprint density at radius 3 is 2.25 bits per heavy atom. The van der Waals surface area contributed by atoms with E-state index < -0.39 is 15.1 Å². The molecule has 1 atom stereocenters. The molecule has 0 spiro atoms. The first-order chi connectivity index (χ1) is 7.38. The third-order valence-electron chi connectivity index (χ3n) is 2.35. The van der Waals surface area contributed by atoms with Gasteiger partial charge < -0.3 is 5.73 Å². The van der Waals surface area contributed by atoms with E-state index in [9.17, 15) is 8.42 Å². The number of nitrogens with two attached hydrogens (primary N) is 1. The standard InChI is InChI=1S/C10H13Cl2NO2S/c1-7(5-13)16(14,15)6-8-9(11)3-2-4-10(8)12/h2-4,7H,5-6,13H2,1H3. The minimum Gasteiger partial charge on any atom is -0.329 e. The Balaban J connectivity index is 3.06. The van der Waals surface area contributed by atoms with E-state index in [0.29, 0.717) is 15.6 Å². The van der Waals surface area contributed by atoms with Crippen LogP contribution in [0.15, 0.2) is 18.2 Å². The molecule has 1 unspecified atom stereocenters. The highest BCUT2D eigenvalue weighted by Gasteiger charge is 2.22. The van der Waals surface area contributed by atoms with Gasteiger partial charge in [0, 0.05) is 22.2 Å². The summed E-state index contributed by atoms with van der Waals surface area (Å²) in [5.41, 5.74) is 5.78. The highest BCUT2D eigenvalue weighted by molar-refractivity contribution is 7.91. The van der Waals surface area contributed by atoms with Gasteiger partial charge in [-0.25, -0.2) is 8.42 Å². The van der Waals surface area contributed by atoms with E-state index in [1.807, 2.05) is 0 Å². The summed E-state index contributed by atoms with van der Waals surface area (Å²) in [6.45, 7) is 1.66. The van der Waals surface area contributed by atoms with E-state index in [0.717, 1.165) is 0 Å². The second-order valence-corrected chi connectivity index (χ2v) is 6.79. The number of rotatable bonds is 4. The third kappa shape index (κ3) is 3.10. The zero-order chi connectivity index (χ0) is 12.3. The molecule has 0 saturated carbocycles. The van der Waals surface area contributed by atoms with Crippen LogP contribution >= 0.6 is 23.2 Å². The molecule has 0 aliphatic heterocycles. The summed E-state index contributed by atoms with van der Waals surface area (Å²) in [6.07, 6.45) is 0. The quantitative estimate of drug-likeness (QED) is 0.921. The highest BCUT2D eigenvalue weighted by Crippen LogP contribution is 2.27. The van der Waals surface area contributed by atoms with Crippen LogP contribution in [0.2, 0.25) is 10.0 Å². The lowest BCUT2D eigenvalue weighted by molar-refractivity contribution is 0.583. The molecule has 0 aromatic heterocycles. The molecule has 0 saturated heterocycles. The molecule has 0 fully saturated rings. The zero-order valence-corrected chi connectivity index (χ0v) is 11.1. The summed E-state index contributed by atoms with van der Waals surface area (Å²) in [5.74, 6) is -0.177. The van der Waals surface area contributed by atoms with E-state index in [1.54, 1.807) is 25.1 Å². The average Bonchev–Trinajstić information content (AvgIpc) is 2.22. The van der Waals surface area contributed by atoms with E-state index in [2.05, 4.69) is 0 Å². The fraction of sp³-hybridized carbons (Fsp3) is 0.400. The Bertz CT molecular complexity index is 453.